The van der Waals surface area contributed by atoms with Crippen molar-refractivity contribution in [3.05, 3.63) is 52.0 Å². The Labute approximate surface area is 150 Å². The van der Waals surface area contributed by atoms with Crippen molar-refractivity contribution in [1.82, 2.24) is 9.88 Å². The Kier molecular flexibility index (Phi) is 5.17. The van der Waals surface area contributed by atoms with Crippen molar-refractivity contribution in [2.45, 2.75) is 15.6 Å². The Morgan fingerprint density at radius 1 is 1.42 bits per heavy atom. The van der Waals surface area contributed by atoms with Crippen LogP contribution in [0.3, 0.4) is 0 Å². The van der Waals surface area contributed by atoms with Crippen molar-refractivity contribution in [3.63, 3.8) is 0 Å². The Hall–Kier alpha value is -1.90. The Balaban J connectivity index is 1.99. The number of thiophene rings is 2. The first kappa shape index (κ1) is 16.9. The van der Waals surface area contributed by atoms with Crippen LogP contribution in [-0.4, -0.2) is 28.1 Å². The van der Waals surface area contributed by atoms with Gasteiger partial charge in [-0.25, -0.2) is 9.78 Å². The molecule has 0 aliphatic heterocycles. The van der Waals surface area contributed by atoms with Gasteiger partial charge in [-0.3, -0.25) is 0 Å². The third-order valence-electron chi connectivity index (χ3n) is 3.22. The van der Waals surface area contributed by atoms with Gasteiger partial charge in [0, 0.05) is 39.5 Å². The number of amides is 1. The number of carboxylic acid groups (broad SMARTS) is 1. The van der Waals surface area contributed by atoms with Crippen LogP contribution in [0.25, 0.3) is 11.1 Å². The molecule has 0 aromatic carbocycles. The lowest BCUT2D eigenvalue weighted by molar-refractivity contribution is 0.154. The van der Waals surface area contributed by atoms with Gasteiger partial charge in [0.15, 0.2) is 0 Å². The van der Waals surface area contributed by atoms with Gasteiger partial charge < -0.3 is 10.0 Å². The quantitative estimate of drug-likeness (QED) is 0.613. The molecule has 1 N–H and O–H groups in total. The van der Waals surface area contributed by atoms with Crippen molar-refractivity contribution in [1.29, 1.82) is 0 Å². The van der Waals surface area contributed by atoms with E-state index in [0.29, 0.717) is 5.56 Å². The number of carbonyl (C=O) groups is 1. The minimum absolute atomic E-state index is 0.263. The minimum atomic E-state index is -0.996. The van der Waals surface area contributed by atoms with Crippen LogP contribution in [-0.2, 0) is 6.54 Å². The lowest BCUT2D eigenvalue weighted by Gasteiger charge is -2.10. The third kappa shape index (κ3) is 3.77. The normalized spacial score (nSPS) is 10.8. The van der Waals surface area contributed by atoms with Crippen LogP contribution in [0.1, 0.15) is 4.88 Å². The van der Waals surface area contributed by atoms with Gasteiger partial charge in [-0.15, -0.1) is 11.3 Å². The van der Waals surface area contributed by atoms with Gasteiger partial charge in [0.25, 0.3) is 0 Å². The molecule has 0 saturated carbocycles. The third-order valence-corrected chi connectivity index (χ3v) is 6.37. The van der Waals surface area contributed by atoms with Crippen LogP contribution in [0.5, 0.6) is 0 Å². The highest BCUT2D eigenvalue weighted by Crippen LogP contribution is 2.43. The second kappa shape index (κ2) is 7.33. The minimum Gasteiger partial charge on any atom is -0.465 e. The molecular weight excluding hydrogens is 367 g/mol. The molecule has 3 aromatic rings. The second-order valence-electron chi connectivity index (χ2n) is 4.96. The van der Waals surface area contributed by atoms with E-state index in [0.717, 1.165) is 19.5 Å². The maximum absolute atomic E-state index is 14.1. The average molecular weight is 380 g/mol. The number of pyridine rings is 1. The van der Waals surface area contributed by atoms with Gasteiger partial charge in [0.2, 0.25) is 5.95 Å². The lowest BCUT2D eigenvalue weighted by atomic mass is 10.1. The van der Waals surface area contributed by atoms with Crippen LogP contribution in [0.2, 0.25) is 0 Å². The van der Waals surface area contributed by atoms with Crippen molar-refractivity contribution in [3.8, 4) is 11.1 Å². The molecule has 0 radical (unpaired) electrons. The molecule has 4 nitrogen and oxygen atoms in total. The lowest BCUT2D eigenvalue weighted by Crippen LogP contribution is -2.23. The van der Waals surface area contributed by atoms with Crippen LogP contribution in [0.4, 0.5) is 9.18 Å². The molecule has 124 valence electrons. The standard InChI is InChI=1S/C16H13FN2O2S3/c1-19(16(20)21)8-11-7-13(12-3-2-5-18-14(12)17)15(24-11)23-10-4-6-22-9-10/h2-7,9H,8H2,1H3,(H,20,21). The van der Waals surface area contributed by atoms with E-state index >= 15 is 0 Å². The zero-order valence-corrected chi connectivity index (χ0v) is 15.1. The predicted molar refractivity (Wildman–Crippen MR) is 95.4 cm³/mol. The van der Waals surface area contributed by atoms with E-state index in [-0.39, 0.29) is 6.54 Å². The molecule has 0 spiro atoms. The summed E-state index contributed by atoms with van der Waals surface area (Å²) in [6.07, 6.45) is 0.417. The summed E-state index contributed by atoms with van der Waals surface area (Å²) in [6, 6.07) is 7.23. The van der Waals surface area contributed by atoms with Crippen molar-refractivity contribution < 1.29 is 14.3 Å². The maximum atomic E-state index is 14.1. The fraction of sp³-hybridized carbons (Fsp3) is 0.125. The summed E-state index contributed by atoms with van der Waals surface area (Å²) in [5, 5.41) is 13.1. The summed E-state index contributed by atoms with van der Waals surface area (Å²) >= 11 is 4.62. The van der Waals surface area contributed by atoms with E-state index in [4.69, 9.17) is 5.11 Å². The van der Waals surface area contributed by atoms with Crippen molar-refractivity contribution in [2.75, 3.05) is 7.05 Å². The Morgan fingerprint density at radius 3 is 2.92 bits per heavy atom. The van der Waals surface area contributed by atoms with E-state index in [1.165, 1.54) is 29.5 Å². The molecule has 0 aliphatic rings. The van der Waals surface area contributed by atoms with Gasteiger partial charge in [0.05, 0.1) is 10.8 Å². The summed E-state index contributed by atoms with van der Waals surface area (Å²) in [6.45, 7) is 0.263. The molecule has 3 aromatic heterocycles. The van der Waals surface area contributed by atoms with Crippen LogP contribution >= 0.6 is 34.4 Å². The second-order valence-corrected chi connectivity index (χ2v) is 8.21. The highest BCUT2D eigenvalue weighted by molar-refractivity contribution is 8.01. The molecule has 0 saturated heterocycles. The molecule has 0 atom stereocenters. The molecule has 3 heterocycles. The highest BCUT2D eigenvalue weighted by Gasteiger charge is 2.18. The summed E-state index contributed by atoms with van der Waals surface area (Å²) < 4.78 is 15.0. The largest absolute Gasteiger partial charge is 0.465 e. The van der Waals surface area contributed by atoms with E-state index in [1.54, 1.807) is 35.2 Å². The maximum Gasteiger partial charge on any atom is 0.407 e. The number of nitrogens with zero attached hydrogens (tertiary/aromatic N) is 2. The fourth-order valence-corrected chi connectivity index (χ4v) is 5.39. The summed E-state index contributed by atoms with van der Waals surface area (Å²) in [5.74, 6) is -0.527. The van der Waals surface area contributed by atoms with Gasteiger partial charge in [-0.1, -0.05) is 11.8 Å². The molecule has 0 aliphatic carbocycles. The molecule has 0 unspecified atom stereocenters. The number of hydrogen-bond donors (Lipinski definition) is 1. The first-order chi connectivity index (χ1) is 11.5. The predicted octanol–water partition coefficient (Wildman–Crippen LogP) is 5.27. The SMILES string of the molecule is CN(Cc1cc(-c2cccnc2F)c(Sc2ccsc2)s1)C(=O)O. The van der Waals surface area contributed by atoms with Crippen LogP contribution in [0, 0.1) is 5.95 Å². The molecular formula is C16H13FN2O2S3. The van der Waals surface area contributed by atoms with Gasteiger partial charge in [0.1, 0.15) is 0 Å². The zero-order valence-electron chi connectivity index (χ0n) is 12.6. The van der Waals surface area contributed by atoms with Crippen LogP contribution < -0.4 is 0 Å². The summed E-state index contributed by atoms with van der Waals surface area (Å²) in [7, 11) is 1.51. The van der Waals surface area contributed by atoms with E-state index in [1.807, 2.05) is 22.9 Å². The summed E-state index contributed by atoms with van der Waals surface area (Å²) in [4.78, 5) is 17.9. The number of aromatic nitrogens is 1. The molecule has 24 heavy (non-hydrogen) atoms. The van der Waals surface area contributed by atoms with E-state index in [9.17, 15) is 9.18 Å². The fourth-order valence-electron chi connectivity index (χ4n) is 2.07. The van der Waals surface area contributed by atoms with Crippen LogP contribution in [0.15, 0.2) is 50.3 Å². The summed E-state index contributed by atoms with van der Waals surface area (Å²) in [5.41, 5.74) is 1.17. The Bertz CT molecular complexity index is 849. The monoisotopic (exact) mass is 380 g/mol. The van der Waals surface area contributed by atoms with Gasteiger partial charge >= 0.3 is 6.09 Å². The van der Waals surface area contributed by atoms with Gasteiger partial charge in [-0.2, -0.15) is 15.7 Å². The topological polar surface area (TPSA) is 53.4 Å². The molecule has 0 bridgehead atoms. The Morgan fingerprint density at radius 2 is 2.25 bits per heavy atom. The van der Waals surface area contributed by atoms with Gasteiger partial charge in [-0.05, 0) is 29.6 Å². The first-order valence-electron chi connectivity index (χ1n) is 6.92. The highest BCUT2D eigenvalue weighted by atomic mass is 32.2. The molecule has 3 rings (SSSR count). The number of rotatable bonds is 5. The van der Waals surface area contributed by atoms with E-state index < -0.39 is 12.0 Å². The average Bonchev–Trinajstić information content (AvgIpc) is 3.18. The zero-order chi connectivity index (χ0) is 17.1. The van der Waals surface area contributed by atoms with Crippen molar-refractivity contribution in [2.24, 2.45) is 0 Å². The number of halogens is 1. The molecule has 8 heteroatoms. The number of hydrogen-bond acceptors (Lipinski definition) is 5. The smallest absolute Gasteiger partial charge is 0.407 e. The molecule has 1 amide bonds. The van der Waals surface area contributed by atoms with E-state index in [2.05, 4.69) is 4.98 Å². The first-order valence-corrected chi connectivity index (χ1v) is 9.50. The molecule has 0 fully saturated rings. The van der Waals surface area contributed by atoms with Crippen molar-refractivity contribution >= 4 is 40.5 Å².